The summed E-state index contributed by atoms with van der Waals surface area (Å²) in [6.07, 6.45) is -13.5. The van der Waals surface area contributed by atoms with Gasteiger partial charge in [0.25, 0.3) is 0 Å². The maximum absolute atomic E-state index is 13.6. The van der Waals surface area contributed by atoms with Crippen LogP contribution in [0.25, 0.3) is 0 Å². The molecule has 0 aromatic heterocycles. The van der Waals surface area contributed by atoms with Crippen LogP contribution in [0.5, 0.6) is 17.2 Å². The van der Waals surface area contributed by atoms with Gasteiger partial charge in [0.15, 0.2) is 0 Å². The van der Waals surface area contributed by atoms with E-state index in [1.165, 1.54) is 35.2 Å². The van der Waals surface area contributed by atoms with E-state index in [0.717, 1.165) is 24.3 Å². The minimum Gasteiger partial charge on any atom is -0.456 e. The van der Waals surface area contributed by atoms with Crippen molar-refractivity contribution in [1.29, 1.82) is 0 Å². The summed E-state index contributed by atoms with van der Waals surface area (Å²) < 4.78 is 103. The highest BCUT2D eigenvalue weighted by molar-refractivity contribution is 6.42. The average molecular weight is 648 g/mol. The van der Waals surface area contributed by atoms with Crippen LogP contribution in [-0.4, -0.2) is 24.2 Å². The van der Waals surface area contributed by atoms with Crippen LogP contribution in [0.4, 0.5) is 36.4 Å². The molecule has 13 heteroatoms. The van der Waals surface area contributed by atoms with E-state index in [-0.39, 0.29) is 39.2 Å². The first-order valence-electron chi connectivity index (χ1n) is 12.5. The van der Waals surface area contributed by atoms with Crippen LogP contribution in [0, 0.1) is 0 Å². The van der Waals surface area contributed by atoms with E-state index in [0.29, 0.717) is 5.69 Å². The van der Waals surface area contributed by atoms with E-state index in [9.17, 15) is 35.8 Å². The Kier molecular flexibility index (Phi) is 9.99. The molecule has 4 nitrogen and oxygen atoms in total. The van der Waals surface area contributed by atoms with Gasteiger partial charge in [0.05, 0.1) is 23.2 Å². The fourth-order valence-electron chi connectivity index (χ4n) is 4.21. The maximum atomic E-state index is 13.6. The number of rotatable bonds is 11. The largest absolute Gasteiger partial charge is 0.461 e. The molecule has 4 aromatic rings. The summed E-state index contributed by atoms with van der Waals surface area (Å²) in [7, 11) is 0. The van der Waals surface area contributed by atoms with Crippen LogP contribution in [0.1, 0.15) is 22.7 Å². The van der Waals surface area contributed by atoms with Gasteiger partial charge < -0.3 is 19.5 Å². The van der Waals surface area contributed by atoms with Crippen LogP contribution in [0.3, 0.4) is 0 Å². The molecular formula is C30H22Cl2F7NO3. The van der Waals surface area contributed by atoms with Crippen molar-refractivity contribution >= 4 is 28.9 Å². The molecule has 43 heavy (non-hydrogen) atoms. The number of aliphatic hydroxyl groups is 1. The van der Waals surface area contributed by atoms with Gasteiger partial charge in [-0.15, -0.1) is 0 Å². The number of alkyl halides is 7. The van der Waals surface area contributed by atoms with Crippen molar-refractivity contribution in [1.82, 2.24) is 0 Å². The van der Waals surface area contributed by atoms with E-state index in [4.69, 9.17) is 27.9 Å². The summed E-state index contributed by atoms with van der Waals surface area (Å²) in [5, 5.41) is 10.8. The predicted octanol–water partition coefficient (Wildman–Crippen LogP) is 9.78. The van der Waals surface area contributed by atoms with Crippen molar-refractivity contribution in [2.75, 3.05) is 11.5 Å². The smallest absolute Gasteiger partial charge is 0.456 e. The highest BCUT2D eigenvalue weighted by Gasteiger charge is 2.44. The SMILES string of the molecule is OCC(c1cccc(C(F)(F)F)c1)N(Cc1cccc(OC(F)(F)C(F)F)c1)c1cccc(Oc2cccc(Cl)c2Cl)c1. The Labute approximate surface area is 251 Å². The van der Waals surface area contributed by atoms with Gasteiger partial charge in [0, 0.05) is 18.3 Å². The van der Waals surface area contributed by atoms with Gasteiger partial charge in [-0.25, -0.2) is 0 Å². The number of halogens is 9. The number of aliphatic hydroxyl groups excluding tert-OH is 1. The molecule has 1 unspecified atom stereocenters. The number of benzene rings is 4. The molecule has 4 aromatic carbocycles. The Hall–Kier alpha value is -3.67. The van der Waals surface area contributed by atoms with E-state index in [2.05, 4.69) is 4.74 Å². The maximum Gasteiger partial charge on any atom is 0.461 e. The monoisotopic (exact) mass is 647 g/mol. The molecular weight excluding hydrogens is 626 g/mol. The zero-order valence-electron chi connectivity index (χ0n) is 21.8. The minimum atomic E-state index is -4.75. The number of hydrogen-bond donors (Lipinski definition) is 1. The molecule has 0 bridgehead atoms. The molecule has 0 saturated carbocycles. The minimum absolute atomic E-state index is 0.0955. The Morgan fingerprint density at radius 1 is 0.791 bits per heavy atom. The summed E-state index contributed by atoms with van der Waals surface area (Å²) in [5.41, 5.74) is -0.243. The average Bonchev–Trinajstić information content (AvgIpc) is 2.95. The van der Waals surface area contributed by atoms with E-state index >= 15 is 0 Å². The molecule has 0 saturated heterocycles. The quantitative estimate of drug-likeness (QED) is 0.165. The highest BCUT2D eigenvalue weighted by Crippen LogP contribution is 2.38. The number of nitrogens with zero attached hydrogens (tertiary/aromatic N) is 1. The molecule has 0 spiro atoms. The lowest BCUT2D eigenvalue weighted by Crippen LogP contribution is -2.33. The van der Waals surface area contributed by atoms with E-state index in [1.807, 2.05) is 0 Å². The van der Waals surface area contributed by atoms with Crippen molar-refractivity contribution in [3.63, 3.8) is 0 Å². The molecule has 1 atom stereocenters. The van der Waals surface area contributed by atoms with Gasteiger partial charge in [0.1, 0.15) is 22.3 Å². The third kappa shape index (κ3) is 8.04. The second-order valence-corrected chi connectivity index (χ2v) is 10.00. The molecule has 0 aliphatic carbocycles. The lowest BCUT2D eigenvalue weighted by atomic mass is 10.0. The Morgan fingerprint density at radius 3 is 2.16 bits per heavy atom. The normalized spacial score (nSPS) is 12.7. The fourth-order valence-corrected chi connectivity index (χ4v) is 4.54. The molecule has 0 heterocycles. The number of ether oxygens (including phenoxy) is 2. The standard InChI is InChI=1S/C30H22Cl2F7NO3/c31-24-11-4-12-26(27(24)32)42-22-9-3-8-21(15-22)40(25(17-41)19-6-2-7-20(14-19)29(35,36)37)16-18-5-1-10-23(13-18)43-30(38,39)28(33)34/h1-15,25,28,41H,16-17H2. The van der Waals surface area contributed by atoms with Crippen molar-refractivity contribution in [3.05, 3.63) is 118 Å². The molecule has 0 amide bonds. The first-order chi connectivity index (χ1) is 20.3. The Bertz CT molecular complexity index is 1550. The van der Waals surface area contributed by atoms with Crippen molar-refractivity contribution < 1.29 is 45.3 Å². The first-order valence-corrected chi connectivity index (χ1v) is 13.2. The summed E-state index contributed by atoms with van der Waals surface area (Å²) in [6.45, 7) is -0.841. The summed E-state index contributed by atoms with van der Waals surface area (Å²) >= 11 is 12.3. The number of anilines is 1. The lowest BCUT2D eigenvalue weighted by Gasteiger charge is -2.34. The molecule has 4 rings (SSSR count). The second kappa shape index (κ2) is 13.3. The molecule has 0 aliphatic rings. The second-order valence-electron chi connectivity index (χ2n) is 9.21. The van der Waals surface area contributed by atoms with Crippen LogP contribution >= 0.6 is 23.2 Å². The van der Waals surface area contributed by atoms with Crippen molar-refractivity contribution in [2.45, 2.75) is 31.3 Å². The molecule has 228 valence electrons. The zero-order chi connectivity index (χ0) is 31.4. The predicted molar refractivity (Wildman–Crippen MR) is 148 cm³/mol. The van der Waals surface area contributed by atoms with Crippen LogP contribution in [-0.2, 0) is 12.7 Å². The summed E-state index contributed by atoms with van der Waals surface area (Å²) in [6, 6.07) is 19.2. The van der Waals surface area contributed by atoms with Gasteiger partial charge in [-0.2, -0.15) is 30.7 Å². The highest BCUT2D eigenvalue weighted by atomic mass is 35.5. The number of hydrogen-bond acceptors (Lipinski definition) is 4. The van der Waals surface area contributed by atoms with Crippen LogP contribution < -0.4 is 14.4 Å². The fraction of sp³-hybridized carbons (Fsp3) is 0.200. The van der Waals surface area contributed by atoms with Crippen LogP contribution in [0.2, 0.25) is 10.0 Å². The topological polar surface area (TPSA) is 41.9 Å². The molecule has 0 radical (unpaired) electrons. The van der Waals surface area contributed by atoms with Crippen molar-refractivity contribution in [3.8, 4) is 17.2 Å². The van der Waals surface area contributed by atoms with Crippen molar-refractivity contribution in [2.24, 2.45) is 0 Å². The zero-order valence-corrected chi connectivity index (χ0v) is 23.4. The van der Waals surface area contributed by atoms with Gasteiger partial charge in [-0.3, -0.25) is 0 Å². The van der Waals surface area contributed by atoms with Crippen LogP contribution in [0.15, 0.2) is 91.0 Å². The van der Waals surface area contributed by atoms with Gasteiger partial charge >= 0.3 is 18.7 Å². The third-order valence-corrected chi connectivity index (χ3v) is 7.00. The van der Waals surface area contributed by atoms with Gasteiger partial charge in [-0.1, -0.05) is 59.6 Å². The van der Waals surface area contributed by atoms with E-state index < -0.39 is 42.7 Å². The molecule has 0 aliphatic heterocycles. The Balaban J connectivity index is 1.76. The third-order valence-electron chi connectivity index (χ3n) is 6.20. The van der Waals surface area contributed by atoms with E-state index in [1.54, 1.807) is 36.4 Å². The summed E-state index contributed by atoms with van der Waals surface area (Å²) in [4.78, 5) is 1.51. The lowest BCUT2D eigenvalue weighted by molar-refractivity contribution is -0.253. The van der Waals surface area contributed by atoms with Gasteiger partial charge in [-0.05, 0) is 59.7 Å². The summed E-state index contributed by atoms with van der Waals surface area (Å²) in [5.74, 6) is -0.0876. The first kappa shape index (κ1) is 32.2. The molecule has 0 fully saturated rings. The van der Waals surface area contributed by atoms with Gasteiger partial charge in [0.2, 0.25) is 0 Å². The Morgan fingerprint density at radius 2 is 1.47 bits per heavy atom. The molecule has 1 N–H and O–H groups in total.